The SMILES string of the molecule is COc1ccccc1Oc1ncccc1CNC(=O)C(=O)CC(C)C. The topological polar surface area (TPSA) is 77.5 Å². The van der Waals surface area contributed by atoms with Gasteiger partial charge in [0.2, 0.25) is 11.7 Å². The molecule has 0 saturated heterocycles. The van der Waals surface area contributed by atoms with Gasteiger partial charge < -0.3 is 14.8 Å². The smallest absolute Gasteiger partial charge is 0.287 e. The molecule has 0 atom stereocenters. The lowest BCUT2D eigenvalue weighted by molar-refractivity contribution is -0.138. The van der Waals surface area contributed by atoms with Gasteiger partial charge in [0.1, 0.15) is 0 Å². The van der Waals surface area contributed by atoms with Gasteiger partial charge in [-0.05, 0) is 24.1 Å². The molecule has 0 bridgehead atoms. The van der Waals surface area contributed by atoms with Gasteiger partial charge in [0.25, 0.3) is 5.91 Å². The molecule has 0 saturated carbocycles. The first-order chi connectivity index (χ1) is 12.0. The molecule has 1 amide bonds. The summed E-state index contributed by atoms with van der Waals surface area (Å²) in [4.78, 5) is 27.8. The number of hydrogen-bond donors (Lipinski definition) is 1. The zero-order valence-corrected chi connectivity index (χ0v) is 14.6. The highest BCUT2D eigenvalue weighted by atomic mass is 16.5. The van der Waals surface area contributed by atoms with Gasteiger partial charge >= 0.3 is 0 Å². The molecule has 1 heterocycles. The molecule has 2 aromatic rings. The van der Waals surface area contributed by atoms with Crippen molar-refractivity contribution < 1.29 is 19.1 Å². The van der Waals surface area contributed by atoms with Gasteiger partial charge in [-0.3, -0.25) is 9.59 Å². The molecule has 1 aromatic heterocycles. The van der Waals surface area contributed by atoms with E-state index in [0.29, 0.717) is 22.9 Å². The van der Waals surface area contributed by atoms with Crippen LogP contribution >= 0.6 is 0 Å². The number of pyridine rings is 1. The van der Waals surface area contributed by atoms with E-state index in [-0.39, 0.29) is 18.9 Å². The van der Waals surface area contributed by atoms with Gasteiger partial charge in [0, 0.05) is 24.7 Å². The van der Waals surface area contributed by atoms with Crippen molar-refractivity contribution in [1.29, 1.82) is 0 Å². The number of carbonyl (C=O) groups is 2. The molecular formula is C19H22N2O4. The van der Waals surface area contributed by atoms with E-state index in [1.165, 1.54) is 0 Å². The van der Waals surface area contributed by atoms with Crippen LogP contribution in [0.15, 0.2) is 42.6 Å². The summed E-state index contributed by atoms with van der Waals surface area (Å²) in [5.74, 6) is 0.569. The Hall–Kier alpha value is -2.89. The molecule has 0 aliphatic heterocycles. The molecule has 0 aliphatic carbocycles. The number of nitrogens with zero attached hydrogens (tertiary/aromatic N) is 1. The van der Waals surface area contributed by atoms with Crippen molar-refractivity contribution in [2.24, 2.45) is 5.92 Å². The van der Waals surface area contributed by atoms with Crippen LogP contribution in [0.5, 0.6) is 17.4 Å². The maximum Gasteiger partial charge on any atom is 0.287 e. The van der Waals surface area contributed by atoms with Gasteiger partial charge in [-0.15, -0.1) is 0 Å². The number of para-hydroxylation sites is 2. The molecule has 1 aromatic carbocycles. The van der Waals surface area contributed by atoms with Crippen LogP contribution in [-0.4, -0.2) is 23.8 Å². The molecule has 0 aliphatic rings. The number of nitrogens with one attached hydrogen (secondary N) is 1. The number of methoxy groups -OCH3 is 1. The molecule has 0 radical (unpaired) electrons. The van der Waals surface area contributed by atoms with Gasteiger partial charge in [-0.2, -0.15) is 0 Å². The third-order valence-corrected chi connectivity index (χ3v) is 3.41. The zero-order valence-electron chi connectivity index (χ0n) is 14.6. The Labute approximate surface area is 147 Å². The number of ether oxygens (including phenoxy) is 2. The highest BCUT2D eigenvalue weighted by Gasteiger charge is 2.16. The van der Waals surface area contributed by atoms with E-state index in [0.717, 1.165) is 0 Å². The summed E-state index contributed by atoms with van der Waals surface area (Å²) in [7, 11) is 1.56. The van der Waals surface area contributed by atoms with E-state index in [2.05, 4.69) is 10.3 Å². The summed E-state index contributed by atoms with van der Waals surface area (Å²) in [6, 6.07) is 10.7. The Balaban J connectivity index is 2.08. The van der Waals surface area contributed by atoms with E-state index in [9.17, 15) is 9.59 Å². The highest BCUT2D eigenvalue weighted by molar-refractivity contribution is 6.36. The number of benzene rings is 1. The molecule has 6 heteroatoms. The number of Topliss-reactive ketones (excluding diaryl/α,β-unsaturated/α-hetero) is 1. The number of rotatable bonds is 8. The van der Waals surface area contributed by atoms with Crippen molar-refractivity contribution in [2.45, 2.75) is 26.8 Å². The van der Waals surface area contributed by atoms with E-state index in [4.69, 9.17) is 9.47 Å². The van der Waals surface area contributed by atoms with E-state index in [1.807, 2.05) is 26.0 Å². The quantitative estimate of drug-likeness (QED) is 0.746. The minimum absolute atomic E-state index is 0.140. The van der Waals surface area contributed by atoms with Gasteiger partial charge in [0.15, 0.2) is 11.5 Å². The molecule has 0 fully saturated rings. The molecule has 132 valence electrons. The highest BCUT2D eigenvalue weighted by Crippen LogP contribution is 2.31. The first-order valence-electron chi connectivity index (χ1n) is 8.07. The number of carbonyl (C=O) groups excluding carboxylic acids is 2. The Morgan fingerprint density at radius 2 is 1.84 bits per heavy atom. The molecular weight excluding hydrogens is 320 g/mol. The van der Waals surface area contributed by atoms with Crippen molar-refractivity contribution in [1.82, 2.24) is 10.3 Å². The fourth-order valence-electron chi connectivity index (χ4n) is 2.20. The molecule has 2 rings (SSSR count). The van der Waals surface area contributed by atoms with E-state index < -0.39 is 11.7 Å². The Kier molecular flexibility index (Phi) is 6.51. The number of hydrogen-bond acceptors (Lipinski definition) is 5. The fourth-order valence-corrected chi connectivity index (χ4v) is 2.20. The summed E-state index contributed by atoms with van der Waals surface area (Å²) in [6.07, 6.45) is 1.82. The van der Waals surface area contributed by atoms with Gasteiger partial charge in [-0.25, -0.2) is 4.98 Å². The van der Waals surface area contributed by atoms with Crippen molar-refractivity contribution in [3.8, 4) is 17.4 Å². The first kappa shape index (κ1) is 18.4. The minimum atomic E-state index is -0.596. The average Bonchev–Trinajstić information content (AvgIpc) is 2.60. The van der Waals surface area contributed by atoms with Crippen molar-refractivity contribution >= 4 is 11.7 Å². The largest absolute Gasteiger partial charge is 0.493 e. The predicted octanol–water partition coefficient (Wildman–Crippen LogP) is 3.11. The van der Waals surface area contributed by atoms with Crippen LogP contribution in [0, 0.1) is 5.92 Å². The Bertz CT molecular complexity index is 744. The zero-order chi connectivity index (χ0) is 18.2. The Morgan fingerprint density at radius 3 is 2.52 bits per heavy atom. The normalized spacial score (nSPS) is 10.4. The second-order valence-corrected chi connectivity index (χ2v) is 5.92. The van der Waals surface area contributed by atoms with E-state index >= 15 is 0 Å². The molecule has 0 spiro atoms. The van der Waals surface area contributed by atoms with Crippen LogP contribution in [-0.2, 0) is 16.1 Å². The minimum Gasteiger partial charge on any atom is -0.493 e. The lowest BCUT2D eigenvalue weighted by atomic mass is 10.1. The second-order valence-electron chi connectivity index (χ2n) is 5.92. The maximum atomic E-state index is 11.9. The molecule has 6 nitrogen and oxygen atoms in total. The molecule has 0 unspecified atom stereocenters. The lowest BCUT2D eigenvalue weighted by Crippen LogP contribution is -2.31. The third-order valence-electron chi connectivity index (χ3n) is 3.41. The van der Waals surface area contributed by atoms with Crippen molar-refractivity contribution in [3.05, 3.63) is 48.2 Å². The van der Waals surface area contributed by atoms with Crippen LogP contribution in [0.25, 0.3) is 0 Å². The third kappa shape index (κ3) is 5.31. The standard InChI is InChI=1S/C19H22N2O4/c1-13(2)11-15(22)18(23)21-12-14-7-6-10-20-19(14)25-17-9-5-4-8-16(17)24-3/h4-10,13H,11-12H2,1-3H3,(H,21,23). The fraction of sp³-hybridized carbons (Fsp3) is 0.316. The van der Waals surface area contributed by atoms with Crippen molar-refractivity contribution in [3.63, 3.8) is 0 Å². The summed E-state index contributed by atoms with van der Waals surface area (Å²) in [5, 5.41) is 2.62. The summed E-state index contributed by atoms with van der Waals surface area (Å²) in [6.45, 7) is 3.94. The number of aromatic nitrogens is 1. The average molecular weight is 342 g/mol. The van der Waals surface area contributed by atoms with Crippen LogP contribution in [0.4, 0.5) is 0 Å². The van der Waals surface area contributed by atoms with Crippen molar-refractivity contribution in [2.75, 3.05) is 7.11 Å². The Morgan fingerprint density at radius 1 is 1.12 bits per heavy atom. The van der Waals surface area contributed by atoms with Crippen LogP contribution in [0.1, 0.15) is 25.8 Å². The van der Waals surface area contributed by atoms with E-state index in [1.54, 1.807) is 37.6 Å². The maximum absolute atomic E-state index is 11.9. The van der Waals surface area contributed by atoms with Crippen LogP contribution in [0.2, 0.25) is 0 Å². The number of ketones is 1. The first-order valence-corrected chi connectivity index (χ1v) is 8.07. The lowest BCUT2D eigenvalue weighted by Gasteiger charge is -2.13. The predicted molar refractivity (Wildman–Crippen MR) is 93.6 cm³/mol. The monoisotopic (exact) mass is 342 g/mol. The molecule has 25 heavy (non-hydrogen) atoms. The van der Waals surface area contributed by atoms with Crippen LogP contribution < -0.4 is 14.8 Å². The summed E-state index contributed by atoms with van der Waals surface area (Å²) >= 11 is 0. The van der Waals surface area contributed by atoms with Gasteiger partial charge in [-0.1, -0.05) is 32.0 Å². The second kappa shape index (κ2) is 8.82. The number of amides is 1. The van der Waals surface area contributed by atoms with Gasteiger partial charge in [0.05, 0.1) is 7.11 Å². The summed E-state index contributed by atoms with van der Waals surface area (Å²) < 4.78 is 11.1. The molecule has 1 N–H and O–H groups in total. The van der Waals surface area contributed by atoms with Crippen LogP contribution in [0.3, 0.4) is 0 Å². The summed E-state index contributed by atoms with van der Waals surface area (Å²) in [5.41, 5.74) is 0.666.